The van der Waals surface area contributed by atoms with Gasteiger partial charge in [-0.25, -0.2) is 0 Å². The van der Waals surface area contributed by atoms with E-state index in [-0.39, 0.29) is 20.9 Å². The Labute approximate surface area is 179 Å². The maximum absolute atomic E-state index is 13.5. The molecule has 3 rings (SSSR count). The molecule has 0 amide bonds. The molecule has 1 aromatic carbocycles. The van der Waals surface area contributed by atoms with E-state index in [1.807, 2.05) is 0 Å². The van der Waals surface area contributed by atoms with Crippen molar-refractivity contribution in [1.82, 2.24) is 3.97 Å². The molecule has 0 saturated carbocycles. The van der Waals surface area contributed by atoms with Gasteiger partial charge in [-0.05, 0) is 0 Å². The molecule has 2 atom stereocenters. The molecule has 5 nitrogen and oxygen atoms in total. The molecule has 2 aromatic rings. The van der Waals surface area contributed by atoms with Gasteiger partial charge in [-0.3, -0.25) is 0 Å². The van der Waals surface area contributed by atoms with Gasteiger partial charge >= 0.3 is 180 Å². The van der Waals surface area contributed by atoms with Crippen LogP contribution in [0, 0.1) is 0 Å². The Morgan fingerprint density at radius 2 is 2.00 bits per heavy atom. The first-order valence-electron chi connectivity index (χ1n) is 8.15. The summed E-state index contributed by atoms with van der Waals surface area (Å²) < 4.78 is 70.3. The first-order chi connectivity index (χ1) is 13.4. The molecule has 29 heavy (non-hydrogen) atoms. The molecule has 0 spiro atoms. The fourth-order valence-electron chi connectivity index (χ4n) is 2.95. The third-order valence-corrected chi connectivity index (χ3v) is 10.1. The fraction of sp³-hybridized carbons (Fsp3) is 0.278. The van der Waals surface area contributed by atoms with Crippen LogP contribution in [0.3, 0.4) is 0 Å². The summed E-state index contributed by atoms with van der Waals surface area (Å²) in [5, 5.41) is -4.44. The molecular weight excluding hydrogens is 542 g/mol. The number of allylic oxidation sites excluding steroid dienone is 3. The molecule has 0 fully saturated rings. The average molecular weight is 557 g/mol. The van der Waals surface area contributed by atoms with Gasteiger partial charge in [0.1, 0.15) is 0 Å². The second kappa shape index (κ2) is 7.61. The van der Waals surface area contributed by atoms with Gasteiger partial charge in [0.2, 0.25) is 0 Å². The standard InChI is InChI=1S/C18H15BrF3NO4SSe/c1-17(8-4-3-5-15(17)19)28(25,26)23-10-14(29-18(20,21)22)12-9-11(16(24)27-2)6-7-13(12)23/h3-10,15H,1-2H3. The van der Waals surface area contributed by atoms with Gasteiger partial charge in [0.15, 0.2) is 0 Å². The molecule has 1 aliphatic carbocycles. The molecule has 0 saturated heterocycles. The third kappa shape index (κ3) is 3.93. The monoisotopic (exact) mass is 557 g/mol. The van der Waals surface area contributed by atoms with Crippen LogP contribution in [0.4, 0.5) is 13.2 Å². The minimum absolute atomic E-state index is 0.0412. The molecule has 1 heterocycles. The molecule has 0 aliphatic heterocycles. The predicted octanol–water partition coefficient (Wildman–Crippen LogP) is 3.10. The van der Waals surface area contributed by atoms with Crippen molar-refractivity contribution in [3.63, 3.8) is 0 Å². The van der Waals surface area contributed by atoms with Crippen molar-refractivity contribution >= 4 is 62.2 Å². The van der Waals surface area contributed by atoms with Crippen LogP contribution in [0.1, 0.15) is 17.3 Å². The number of fused-ring (bicyclic) bond motifs is 1. The normalized spacial score (nSPS) is 22.2. The average Bonchev–Trinajstić information content (AvgIpc) is 3.00. The van der Waals surface area contributed by atoms with Crippen LogP contribution in [0.5, 0.6) is 0 Å². The van der Waals surface area contributed by atoms with Crippen LogP contribution in [0.15, 0.2) is 48.7 Å². The second-order valence-electron chi connectivity index (χ2n) is 6.40. The second-order valence-corrected chi connectivity index (χ2v) is 11.9. The Kier molecular flexibility index (Phi) is 5.81. The molecule has 11 heteroatoms. The van der Waals surface area contributed by atoms with Gasteiger partial charge in [0, 0.05) is 0 Å². The van der Waals surface area contributed by atoms with Crippen molar-refractivity contribution in [3.05, 3.63) is 54.3 Å². The van der Waals surface area contributed by atoms with Crippen LogP contribution in [-0.4, -0.2) is 55.1 Å². The topological polar surface area (TPSA) is 65.4 Å². The van der Waals surface area contributed by atoms with E-state index < -0.39 is 45.6 Å². The van der Waals surface area contributed by atoms with E-state index in [1.165, 1.54) is 31.2 Å². The van der Waals surface area contributed by atoms with Crippen LogP contribution in [0.25, 0.3) is 10.9 Å². The minimum atomic E-state index is -4.49. The van der Waals surface area contributed by atoms with Gasteiger partial charge in [0.25, 0.3) is 0 Å². The molecule has 2 unspecified atom stereocenters. The Balaban J connectivity index is 2.27. The summed E-state index contributed by atoms with van der Waals surface area (Å²) in [6.45, 7) is 1.49. The number of ether oxygens (including phenoxy) is 1. The number of carbonyl (C=O) groups is 1. The van der Waals surface area contributed by atoms with Gasteiger partial charge in [-0.1, -0.05) is 0 Å². The van der Waals surface area contributed by atoms with Gasteiger partial charge in [-0.2, -0.15) is 0 Å². The van der Waals surface area contributed by atoms with Crippen molar-refractivity contribution in [2.24, 2.45) is 0 Å². The summed E-state index contributed by atoms with van der Waals surface area (Å²) in [6, 6.07) is 3.89. The molecule has 1 aliphatic rings. The van der Waals surface area contributed by atoms with E-state index in [1.54, 1.807) is 18.2 Å². The SMILES string of the molecule is COC(=O)c1ccc2c(c1)c([Se]C(F)(F)F)cn2S(=O)(=O)C1(C)C=CC=CC1Br. The number of benzene rings is 1. The van der Waals surface area contributed by atoms with E-state index in [0.29, 0.717) is 0 Å². The summed E-state index contributed by atoms with van der Waals surface area (Å²) >= 11 is 1.33. The zero-order valence-corrected chi connectivity index (χ0v) is 19.2. The summed E-state index contributed by atoms with van der Waals surface area (Å²) in [4.78, 5) is 11.2. The first-order valence-corrected chi connectivity index (χ1v) is 12.2. The first kappa shape index (κ1) is 22.1. The number of methoxy groups -OCH3 is 1. The van der Waals surface area contributed by atoms with Gasteiger partial charge in [0.05, 0.1) is 0 Å². The number of rotatable bonds is 4. The number of carbonyl (C=O) groups excluding carboxylic acids is 1. The van der Waals surface area contributed by atoms with Crippen LogP contribution in [0.2, 0.25) is 0 Å². The number of hydrogen-bond acceptors (Lipinski definition) is 4. The zero-order chi connectivity index (χ0) is 21.6. The number of alkyl halides is 4. The Bertz CT molecular complexity index is 1140. The molecule has 0 bridgehead atoms. The van der Waals surface area contributed by atoms with Crippen LogP contribution < -0.4 is 4.46 Å². The van der Waals surface area contributed by atoms with Crippen LogP contribution in [-0.2, 0) is 14.8 Å². The molecule has 0 N–H and O–H groups in total. The number of esters is 1. The fourth-order valence-corrected chi connectivity index (χ4v) is 7.27. The van der Waals surface area contributed by atoms with Crippen LogP contribution >= 0.6 is 15.9 Å². The van der Waals surface area contributed by atoms with E-state index in [2.05, 4.69) is 20.7 Å². The molecular formula is C18H15BrF3NO4SSe. The Hall–Kier alpha value is -1.55. The predicted molar refractivity (Wildman–Crippen MR) is 108 cm³/mol. The Morgan fingerprint density at radius 1 is 1.31 bits per heavy atom. The van der Waals surface area contributed by atoms with E-state index >= 15 is 0 Å². The number of aromatic nitrogens is 1. The molecule has 156 valence electrons. The number of halogens is 4. The van der Waals surface area contributed by atoms with Crippen molar-refractivity contribution in [2.45, 2.75) is 21.6 Å². The van der Waals surface area contributed by atoms with Crippen molar-refractivity contribution in [1.29, 1.82) is 0 Å². The molecule has 0 radical (unpaired) electrons. The van der Waals surface area contributed by atoms with Gasteiger partial charge in [-0.15, -0.1) is 0 Å². The van der Waals surface area contributed by atoms with Crippen molar-refractivity contribution in [3.8, 4) is 0 Å². The van der Waals surface area contributed by atoms with E-state index in [9.17, 15) is 26.4 Å². The quantitative estimate of drug-likeness (QED) is 0.330. The van der Waals surface area contributed by atoms with Crippen molar-refractivity contribution < 1.29 is 31.1 Å². The summed E-state index contributed by atoms with van der Waals surface area (Å²) in [6.07, 6.45) is 7.41. The van der Waals surface area contributed by atoms with E-state index in [4.69, 9.17) is 0 Å². The van der Waals surface area contributed by atoms with E-state index in [0.717, 1.165) is 17.3 Å². The van der Waals surface area contributed by atoms with Gasteiger partial charge < -0.3 is 0 Å². The number of hydrogen-bond donors (Lipinski definition) is 0. The maximum atomic E-state index is 13.5. The van der Waals surface area contributed by atoms with Crippen molar-refractivity contribution in [2.75, 3.05) is 7.11 Å². The summed E-state index contributed by atoms with van der Waals surface area (Å²) in [5.41, 5.74) is 0.113. The number of nitrogens with zero attached hydrogens (tertiary/aromatic N) is 1. The summed E-state index contributed by atoms with van der Waals surface area (Å²) in [7, 11) is -3.00. The summed E-state index contributed by atoms with van der Waals surface area (Å²) in [5.74, 6) is -0.721. The zero-order valence-electron chi connectivity index (χ0n) is 15.1. The third-order valence-electron chi connectivity index (χ3n) is 4.56. The molecule has 1 aromatic heterocycles. The Morgan fingerprint density at radius 3 is 2.59 bits per heavy atom.